The molecule has 5 heteroatoms. The van der Waals surface area contributed by atoms with Crippen LogP contribution in [0.3, 0.4) is 0 Å². The summed E-state index contributed by atoms with van der Waals surface area (Å²) in [4.78, 5) is 10.1. The van der Waals surface area contributed by atoms with Gasteiger partial charge in [0.25, 0.3) is 0 Å². The number of ether oxygens (including phenoxy) is 1. The van der Waals surface area contributed by atoms with Crippen LogP contribution in [0.4, 0.5) is 11.4 Å². The standard InChI is InChI=1S/C72H72N4O/c1-48(2)61-31-22-32-62(49(3)4)69(61)67-46-74(57-30-21-29-54(40-57)70(5,6)7)47-75(67)58-41-56(72(10,11)53-27-19-14-20-28-53)42-60(44-58)77-59-34-35-63-64-39-51(50-23-15-12-16-24-50)33-36-65(64)76(66(63)45-59)68-43-55(37-38-73-68)71(8,9)52-25-17-13-18-26-52/h12-46,48-49H,47H2,1-11H3. The van der Waals surface area contributed by atoms with Gasteiger partial charge in [-0.05, 0) is 128 Å². The third kappa shape index (κ3) is 9.73. The van der Waals surface area contributed by atoms with E-state index in [0.29, 0.717) is 18.5 Å². The Balaban J connectivity index is 1.09. The van der Waals surface area contributed by atoms with E-state index < -0.39 is 0 Å². The SMILES string of the molecule is CC(C)c1cccc(C(C)C)c1C1=CN(c2cccc(C(C)(C)C)c2)CN1c1cc(Oc2ccc3c4cc(-c5ccccc5)ccc4n(-c4cc(C(C)(C)c5ccccc5)ccn4)c3c2)cc(C(C)(C)c2ccccc2)c1. The van der Waals surface area contributed by atoms with Crippen LogP contribution >= 0.6 is 0 Å². The summed E-state index contributed by atoms with van der Waals surface area (Å²) in [5.41, 5.74) is 17.4. The van der Waals surface area contributed by atoms with Gasteiger partial charge in [0.2, 0.25) is 0 Å². The molecule has 0 spiro atoms. The lowest BCUT2D eigenvalue weighted by Gasteiger charge is -2.31. The van der Waals surface area contributed by atoms with Crippen molar-refractivity contribution >= 4 is 38.9 Å². The van der Waals surface area contributed by atoms with E-state index in [2.05, 4.69) is 297 Å². The number of pyridine rings is 1. The summed E-state index contributed by atoms with van der Waals surface area (Å²) in [7, 11) is 0. The fraction of sp³-hybridized carbons (Fsp3) is 0.236. The molecule has 1 aliphatic rings. The number of aromatic nitrogens is 2. The van der Waals surface area contributed by atoms with Gasteiger partial charge in [-0.1, -0.05) is 204 Å². The Morgan fingerprint density at radius 1 is 0.455 bits per heavy atom. The molecule has 8 aromatic carbocycles. The molecule has 3 heterocycles. The Morgan fingerprint density at radius 3 is 1.71 bits per heavy atom. The molecule has 1 aliphatic heterocycles. The van der Waals surface area contributed by atoms with Crippen molar-refractivity contribution in [3.63, 3.8) is 0 Å². The van der Waals surface area contributed by atoms with Gasteiger partial charge in [-0.25, -0.2) is 4.98 Å². The minimum absolute atomic E-state index is 0.00290. The first-order valence-corrected chi connectivity index (χ1v) is 27.5. The highest BCUT2D eigenvalue weighted by molar-refractivity contribution is 6.10. The highest BCUT2D eigenvalue weighted by Gasteiger charge is 2.33. The molecule has 10 aromatic rings. The van der Waals surface area contributed by atoms with Gasteiger partial charge >= 0.3 is 0 Å². The Morgan fingerprint density at radius 2 is 1.06 bits per heavy atom. The number of benzene rings is 8. The van der Waals surface area contributed by atoms with Gasteiger partial charge in [0.05, 0.1) is 23.4 Å². The van der Waals surface area contributed by atoms with E-state index in [1.54, 1.807) is 0 Å². The van der Waals surface area contributed by atoms with Crippen LogP contribution in [0.1, 0.15) is 133 Å². The van der Waals surface area contributed by atoms with Crippen molar-refractivity contribution in [2.24, 2.45) is 0 Å². The van der Waals surface area contributed by atoms with Crippen molar-refractivity contribution in [2.75, 3.05) is 16.5 Å². The summed E-state index contributed by atoms with van der Waals surface area (Å²) in [5, 5.41) is 2.29. The maximum Gasteiger partial charge on any atom is 0.137 e. The zero-order chi connectivity index (χ0) is 53.8. The lowest BCUT2D eigenvalue weighted by atomic mass is 9.78. The van der Waals surface area contributed by atoms with E-state index in [-0.39, 0.29) is 16.2 Å². The normalized spacial score (nSPS) is 13.3. The van der Waals surface area contributed by atoms with Crippen LogP contribution in [-0.2, 0) is 16.2 Å². The van der Waals surface area contributed by atoms with Gasteiger partial charge < -0.3 is 14.5 Å². The molecule has 386 valence electrons. The number of fused-ring (bicyclic) bond motifs is 3. The monoisotopic (exact) mass is 1010 g/mol. The molecule has 0 bridgehead atoms. The summed E-state index contributed by atoms with van der Waals surface area (Å²) in [5.74, 6) is 3.01. The molecule has 0 amide bonds. The molecule has 0 radical (unpaired) electrons. The molecule has 11 rings (SSSR count). The van der Waals surface area contributed by atoms with Crippen LogP contribution in [0.2, 0.25) is 0 Å². The second kappa shape index (κ2) is 20.1. The van der Waals surface area contributed by atoms with Crippen molar-refractivity contribution in [3.8, 4) is 28.4 Å². The van der Waals surface area contributed by atoms with E-state index in [9.17, 15) is 0 Å². The molecule has 0 N–H and O–H groups in total. The smallest absolute Gasteiger partial charge is 0.137 e. The first-order valence-electron chi connectivity index (χ1n) is 27.5. The average Bonchev–Trinajstić information content (AvgIpc) is 4.14. The first-order chi connectivity index (χ1) is 36.9. The average molecular weight is 1010 g/mol. The maximum atomic E-state index is 7.31. The molecule has 0 saturated carbocycles. The second-order valence-electron chi connectivity index (χ2n) is 23.8. The predicted molar refractivity (Wildman–Crippen MR) is 325 cm³/mol. The number of hydrogen-bond acceptors (Lipinski definition) is 4. The van der Waals surface area contributed by atoms with Crippen LogP contribution in [0.5, 0.6) is 11.5 Å². The van der Waals surface area contributed by atoms with Crippen LogP contribution < -0.4 is 14.5 Å². The van der Waals surface area contributed by atoms with Crippen LogP contribution in [-0.4, -0.2) is 16.2 Å². The minimum atomic E-state index is -0.365. The first kappa shape index (κ1) is 51.0. The Hall–Kier alpha value is -8.15. The third-order valence-corrected chi connectivity index (χ3v) is 16.2. The molecule has 0 unspecified atom stereocenters. The number of nitrogens with zero attached hydrogens (tertiary/aromatic N) is 4. The number of anilines is 2. The molecule has 0 atom stereocenters. The third-order valence-electron chi connectivity index (χ3n) is 16.2. The topological polar surface area (TPSA) is 33.5 Å². The van der Waals surface area contributed by atoms with Gasteiger partial charge in [-0.15, -0.1) is 0 Å². The number of rotatable bonds is 13. The summed E-state index contributed by atoms with van der Waals surface area (Å²) in [6.07, 6.45) is 4.35. The fourth-order valence-electron chi connectivity index (χ4n) is 11.4. The molecule has 0 aliphatic carbocycles. The molecule has 77 heavy (non-hydrogen) atoms. The van der Waals surface area contributed by atoms with Crippen molar-refractivity contribution in [1.29, 1.82) is 0 Å². The van der Waals surface area contributed by atoms with E-state index in [4.69, 9.17) is 9.72 Å². The quantitative estimate of drug-likeness (QED) is 0.115. The lowest BCUT2D eigenvalue weighted by Crippen LogP contribution is -2.28. The molecule has 0 saturated heterocycles. The van der Waals surface area contributed by atoms with Gasteiger partial charge in [-0.3, -0.25) is 4.57 Å². The Kier molecular flexibility index (Phi) is 13.3. The molecular formula is C72H72N4O. The van der Waals surface area contributed by atoms with Gasteiger partial charge in [0, 0.05) is 63.1 Å². The molecule has 2 aromatic heterocycles. The zero-order valence-electron chi connectivity index (χ0n) is 46.8. The van der Waals surface area contributed by atoms with Crippen molar-refractivity contribution in [3.05, 3.63) is 257 Å². The summed E-state index contributed by atoms with van der Waals surface area (Å²) < 4.78 is 9.63. The van der Waals surface area contributed by atoms with E-state index in [0.717, 1.165) is 50.4 Å². The summed E-state index contributed by atoms with van der Waals surface area (Å²) in [6.45, 7) is 26.0. The van der Waals surface area contributed by atoms with E-state index in [1.165, 1.54) is 61.5 Å². The predicted octanol–water partition coefficient (Wildman–Crippen LogP) is 19.1. The fourth-order valence-corrected chi connectivity index (χ4v) is 11.4. The molecule has 0 fully saturated rings. The maximum absolute atomic E-state index is 7.31. The van der Waals surface area contributed by atoms with Crippen LogP contribution in [0, 0.1) is 0 Å². The number of hydrogen-bond donors (Lipinski definition) is 0. The van der Waals surface area contributed by atoms with E-state index >= 15 is 0 Å². The van der Waals surface area contributed by atoms with Gasteiger partial charge in [0.1, 0.15) is 17.3 Å². The van der Waals surface area contributed by atoms with Crippen LogP contribution in [0.25, 0.3) is 44.4 Å². The van der Waals surface area contributed by atoms with Crippen molar-refractivity contribution in [1.82, 2.24) is 9.55 Å². The second-order valence-corrected chi connectivity index (χ2v) is 23.8. The summed E-state index contributed by atoms with van der Waals surface area (Å²) >= 11 is 0. The Bertz CT molecular complexity index is 3770. The van der Waals surface area contributed by atoms with Crippen LogP contribution in [0.15, 0.2) is 213 Å². The highest BCUT2D eigenvalue weighted by Crippen LogP contribution is 2.46. The highest BCUT2D eigenvalue weighted by atomic mass is 16.5. The molecule has 5 nitrogen and oxygen atoms in total. The lowest BCUT2D eigenvalue weighted by molar-refractivity contribution is 0.480. The largest absolute Gasteiger partial charge is 0.457 e. The van der Waals surface area contributed by atoms with Crippen molar-refractivity contribution in [2.45, 2.75) is 104 Å². The Labute approximate surface area is 457 Å². The molecular weight excluding hydrogens is 937 g/mol. The minimum Gasteiger partial charge on any atom is -0.457 e. The van der Waals surface area contributed by atoms with E-state index in [1.807, 2.05) is 6.20 Å². The van der Waals surface area contributed by atoms with Gasteiger partial charge in [0.15, 0.2) is 0 Å². The zero-order valence-corrected chi connectivity index (χ0v) is 46.8. The summed E-state index contributed by atoms with van der Waals surface area (Å²) in [6, 6.07) is 73.0. The van der Waals surface area contributed by atoms with Gasteiger partial charge in [-0.2, -0.15) is 0 Å². The van der Waals surface area contributed by atoms with Crippen molar-refractivity contribution < 1.29 is 4.74 Å².